The number of imidazole rings is 1. The lowest BCUT2D eigenvalue weighted by Gasteiger charge is -2.09. The van der Waals surface area contributed by atoms with Gasteiger partial charge in [-0.05, 0) is 18.2 Å². The van der Waals surface area contributed by atoms with E-state index in [4.69, 9.17) is 0 Å². The van der Waals surface area contributed by atoms with E-state index < -0.39 is 33.4 Å². The summed E-state index contributed by atoms with van der Waals surface area (Å²) in [6.07, 6.45) is -7.03. The van der Waals surface area contributed by atoms with Crippen molar-refractivity contribution in [1.29, 1.82) is 0 Å². The van der Waals surface area contributed by atoms with Crippen molar-refractivity contribution in [2.24, 2.45) is 7.05 Å². The number of aromatic nitrogens is 5. The van der Waals surface area contributed by atoms with Gasteiger partial charge in [-0.2, -0.15) is 31.4 Å². The van der Waals surface area contributed by atoms with Crippen LogP contribution in [0.2, 0.25) is 0 Å². The van der Waals surface area contributed by atoms with E-state index in [1.54, 1.807) is 0 Å². The molecule has 7 nitrogen and oxygen atoms in total. The predicted octanol–water partition coefficient (Wildman–Crippen LogP) is 4.65. The maximum atomic E-state index is 13.0. The van der Waals surface area contributed by atoms with Crippen molar-refractivity contribution in [3.8, 4) is 17.2 Å². The third-order valence-corrected chi connectivity index (χ3v) is 6.87. The molecule has 4 aromatic rings. The van der Waals surface area contributed by atoms with Gasteiger partial charge >= 0.3 is 12.4 Å². The largest absolute Gasteiger partial charge is 0.433 e. The summed E-state index contributed by atoms with van der Waals surface area (Å²) in [7, 11) is -2.56. The second kappa shape index (κ2) is 7.82. The molecule has 3 heterocycles. The molecular formula is C20H15F6N5O2S. The average molecular weight is 503 g/mol. The van der Waals surface area contributed by atoms with Gasteiger partial charge in [-0.3, -0.25) is 4.98 Å². The molecule has 0 atom stereocenters. The van der Waals surface area contributed by atoms with E-state index in [2.05, 4.69) is 15.1 Å². The number of fused-ring (bicyclic) bond motifs is 1. The summed E-state index contributed by atoms with van der Waals surface area (Å²) < 4.78 is 106. The SMILES string of the molecule is CCS(=O)(=O)c1c(-n2cc3cnc(C(F)(F)F)cc3n2)nc(-c2ccc(C(F)(F)F)cc2)n1C. The van der Waals surface area contributed by atoms with E-state index in [0.29, 0.717) is 0 Å². The molecule has 34 heavy (non-hydrogen) atoms. The number of benzene rings is 1. The summed E-state index contributed by atoms with van der Waals surface area (Å²) in [4.78, 5) is 7.64. The molecule has 180 valence electrons. The zero-order valence-electron chi connectivity index (χ0n) is 17.5. The van der Waals surface area contributed by atoms with Crippen LogP contribution in [0.25, 0.3) is 28.1 Å². The van der Waals surface area contributed by atoms with Crippen molar-refractivity contribution in [2.45, 2.75) is 24.3 Å². The molecule has 0 bridgehead atoms. The van der Waals surface area contributed by atoms with Crippen molar-refractivity contribution in [3.63, 3.8) is 0 Å². The van der Waals surface area contributed by atoms with E-state index >= 15 is 0 Å². The van der Waals surface area contributed by atoms with Crippen LogP contribution < -0.4 is 0 Å². The highest BCUT2D eigenvalue weighted by Gasteiger charge is 2.34. The molecule has 0 saturated heterocycles. The molecule has 0 aliphatic rings. The minimum Gasteiger partial charge on any atom is -0.316 e. The molecule has 14 heteroatoms. The Bertz CT molecular complexity index is 1480. The fourth-order valence-electron chi connectivity index (χ4n) is 3.35. The van der Waals surface area contributed by atoms with Crippen LogP contribution in [0.3, 0.4) is 0 Å². The first-order valence-corrected chi connectivity index (χ1v) is 11.3. The highest BCUT2D eigenvalue weighted by atomic mass is 32.2. The first kappa shape index (κ1) is 23.7. The monoisotopic (exact) mass is 503 g/mol. The van der Waals surface area contributed by atoms with E-state index in [9.17, 15) is 34.8 Å². The van der Waals surface area contributed by atoms with E-state index in [1.165, 1.54) is 24.7 Å². The topological polar surface area (TPSA) is 82.7 Å². The second-order valence-electron chi connectivity index (χ2n) is 7.30. The van der Waals surface area contributed by atoms with Crippen molar-refractivity contribution in [2.75, 3.05) is 5.75 Å². The fourth-order valence-corrected chi connectivity index (χ4v) is 4.55. The van der Waals surface area contributed by atoms with Gasteiger partial charge in [-0.1, -0.05) is 19.1 Å². The molecule has 0 N–H and O–H groups in total. The van der Waals surface area contributed by atoms with Crippen LogP contribution in [0, 0.1) is 0 Å². The quantitative estimate of drug-likeness (QED) is 0.379. The Balaban J connectivity index is 1.91. The lowest BCUT2D eigenvalue weighted by Crippen LogP contribution is -2.13. The first-order chi connectivity index (χ1) is 15.7. The third kappa shape index (κ3) is 4.13. The highest BCUT2D eigenvalue weighted by Crippen LogP contribution is 2.33. The van der Waals surface area contributed by atoms with Crippen LogP contribution in [0.15, 0.2) is 47.8 Å². The lowest BCUT2D eigenvalue weighted by atomic mass is 10.1. The van der Waals surface area contributed by atoms with Crippen LogP contribution in [-0.2, 0) is 29.2 Å². The molecule has 0 aliphatic heterocycles. The number of rotatable bonds is 4. The molecule has 0 spiro atoms. The number of nitrogens with zero attached hydrogens (tertiary/aromatic N) is 5. The summed E-state index contributed by atoms with van der Waals surface area (Å²) in [6.45, 7) is 1.39. The van der Waals surface area contributed by atoms with Gasteiger partial charge in [-0.15, -0.1) is 0 Å². The van der Waals surface area contributed by atoms with Gasteiger partial charge in [0.15, 0.2) is 20.7 Å². The van der Waals surface area contributed by atoms with Gasteiger partial charge in [0.2, 0.25) is 0 Å². The van der Waals surface area contributed by atoms with Crippen molar-refractivity contribution >= 4 is 20.7 Å². The van der Waals surface area contributed by atoms with Gasteiger partial charge in [0.1, 0.15) is 11.5 Å². The third-order valence-electron chi connectivity index (χ3n) is 5.07. The minimum atomic E-state index is -4.70. The highest BCUT2D eigenvalue weighted by molar-refractivity contribution is 7.91. The molecular weight excluding hydrogens is 488 g/mol. The molecule has 4 rings (SSSR count). The Morgan fingerprint density at radius 1 is 1.00 bits per heavy atom. The number of sulfone groups is 1. The minimum absolute atomic E-state index is 0.0319. The molecule has 0 amide bonds. The van der Waals surface area contributed by atoms with E-state index in [-0.39, 0.29) is 38.9 Å². The average Bonchev–Trinajstić information content (AvgIpc) is 3.33. The van der Waals surface area contributed by atoms with Crippen molar-refractivity contribution in [3.05, 3.63) is 54.0 Å². The van der Waals surface area contributed by atoms with Gasteiger partial charge in [0.05, 0.1) is 16.8 Å². The Morgan fingerprint density at radius 3 is 2.21 bits per heavy atom. The van der Waals surface area contributed by atoms with Crippen LogP contribution >= 0.6 is 0 Å². The number of alkyl halides is 6. The van der Waals surface area contributed by atoms with Gasteiger partial charge in [0.25, 0.3) is 0 Å². The second-order valence-corrected chi connectivity index (χ2v) is 9.50. The van der Waals surface area contributed by atoms with E-state index in [0.717, 1.165) is 41.2 Å². The van der Waals surface area contributed by atoms with Crippen LogP contribution in [0.4, 0.5) is 26.3 Å². The van der Waals surface area contributed by atoms with Crippen molar-refractivity contribution in [1.82, 2.24) is 24.3 Å². The maximum absolute atomic E-state index is 13.0. The van der Waals surface area contributed by atoms with Crippen molar-refractivity contribution < 1.29 is 34.8 Å². The lowest BCUT2D eigenvalue weighted by molar-refractivity contribution is -0.141. The molecule has 0 saturated carbocycles. The standard InChI is InChI=1S/C20H15F6N5O2S/c1-3-34(32,33)18-17(31-10-12-9-27-15(20(24,25)26)8-14(12)29-31)28-16(30(18)2)11-4-6-13(7-5-11)19(21,22)23/h4-10H,3H2,1-2H3. The van der Waals surface area contributed by atoms with E-state index in [1.807, 2.05) is 0 Å². The molecule has 3 aromatic heterocycles. The number of pyridine rings is 1. The number of hydrogen-bond donors (Lipinski definition) is 0. The summed E-state index contributed by atoms with van der Waals surface area (Å²) >= 11 is 0. The Hall–Kier alpha value is -3.42. The number of hydrogen-bond acceptors (Lipinski definition) is 5. The van der Waals surface area contributed by atoms with Gasteiger partial charge in [-0.25, -0.2) is 18.1 Å². The molecule has 0 fully saturated rings. The predicted molar refractivity (Wildman–Crippen MR) is 109 cm³/mol. The Labute approximate surface area is 188 Å². The summed E-state index contributed by atoms with van der Waals surface area (Å²) in [5.41, 5.74) is -1.95. The smallest absolute Gasteiger partial charge is 0.316 e. The molecule has 0 aliphatic carbocycles. The fraction of sp³-hybridized carbons (Fsp3) is 0.250. The molecule has 0 radical (unpaired) electrons. The first-order valence-electron chi connectivity index (χ1n) is 9.62. The number of halogens is 6. The molecule has 0 unspecified atom stereocenters. The van der Waals surface area contributed by atoms with Crippen LogP contribution in [0.1, 0.15) is 18.2 Å². The summed E-state index contributed by atoms with van der Waals surface area (Å²) in [6, 6.07) is 4.70. The maximum Gasteiger partial charge on any atom is 0.433 e. The molecule has 1 aromatic carbocycles. The normalized spacial score (nSPS) is 13.1. The summed E-state index contributed by atoms with van der Waals surface area (Å²) in [5.74, 6) is -0.500. The zero-order valence-corrected chi connectivity index (χ0v) is 18.3. The Morgan fingerprint density at radius 2 is 1.65 bits per heavy atom. The van der Waals surface area contributed by atoms with Crippen LogP contribution in [0.5, 0.6) is 0 Å². The van der Waals surface area contributed by atoms with Crippen LogP contribution in [-0.4, -0.2) is 38.5 Å². The van der Waals surface area contributed by atoms with Gasteiger partial charge in [0, 0.05) is 30.4 Å². The van der Waals surface area contributed by atoms with Gasteiger partial charge < -0.3 is 4.57 Å². The zero-order chi connectivity index (χ0) is 25.1. The Kier molecular flexibility index (Phi) is 5.46. The summed E-state index contributed by atoms with van der Waals surface area (Å²) in [5, 5.41) is 3.96.